The van der Waals surface area contributed by atoms with E-state index in [-0.39, 0.29) is 0 Å². The molecule has 1 heteroatoms. The maximum atomic E-state index is 5.75. The lowest BCUT2D eigenvalue weighted by atomic mass is 9.97. The van der Waals surface area contributed by atoms with E-state index in [0.717, 1.165) is 23.5 Å². The van der Waals surface area contributed by atoms with Crippen molar-refractivity contribution in [3.05, 3.63) is 65.5 Å². The van der Waals surface area contributed by atoms with Crippen molar-refractivity contribution in [3.8, 4) is 5.75 Å². The zero-order chi connectivity index (χ0) is 9.38. The van der Waals surface area contributed by atoms with E-state index in [1.54, 1.807) is 0 Å². The third-order valence-corrected chi connectivity index (χ3v) is 2.46. The second-order valence-corrected chi connectivity index (χ2v) is 3.40. The molecule has 2 aliphatic rings. The molecule has 0 radical (unpaired) electrons. The molecule has 3 rings (SSSR count). The van der Waals surface area contributed by atoms with Crippen LogP contribution in [0.2, 0.25) is 0 Å². The average Bonchev–Trinajstić information content (AvgIpc) is 2.26. The minimum absolute atomic E-state index is 0.923. The molecule has 1 aromatic carbocycles. The molecule has 1 aromatic rings. The summed E-state index contributed by atoms with van der Waals surface area (Å²) >= 11 is 0. The van der Waals surface area contributed by atoms with Gasteiger partial charge < -0.3 is 4.74 Å². The van der Waals surface area contributed by atoms with Gasteiger partial charge in [-0.05, 0) is 6.07 Å². The summed E-state index contributed by atoms with van der Waals surface area (Å²) in [7, 11) is 0. The molecule has 0 fully saturated rings. The minimum Gasteiger partial charge on any atom is -0.397 e. The van der Waals surface area contributed by atoms with E-state index >= 15 is 0 Å². The summed E-state index contributed by atoms with van der Waals surface area (Å²) in [5.74, 6) is 1.91. The summed E-state index contributed by atoms with van der Waals surface area (Å²) in [5, 5.41) is 0. The number of allylic oxidation sites excluding steroid dienone is 5. The molecule has 1 aliphatic heterocycles. The van der Waals surface area contributed by atoms with E-state index < -0.39 is 0 Å². The molecule has 0 aromatic heterocycles. The number of para-hydroxylation sites is 1. The quantitative estimate of drug-likeness (QED) is 0.559. The Morgan fingerprint density at radius 2 is 2.14 bits per heavy atom. The highest BCUT2D eigenvalue weighted by Gasteiger charge is 2.26. The van der Waals surface area contributed by atoms with Crippen LogP contribution in [0.5, 0.6) is 5.75 Å². The molecule has 1 heterocycles. The molecule has 0 unspecified atom stereocenters. The van der Waals surface area contributed by atoms with Gasteiger partial charge in [-0.1, -0.05) is 18.2 Å². The molecule has 14 heavy (non-hydrogen) atoms. The van der Waals surface area contributed by atoms with E-state index in [4.69, 9.17) is 4.74 Å². The first-order valence-electron chi connectivity index (χ1n) is 4.69. The van der Waals surface area contributed by atoms with Crippen LogP contribution in [0.4, 0.5) is 0 Å². The Bertz CT molecular complexity index is 421. The second kappa shape index (κ2) is 2.83. The van der Waals surface area contributed by atoms with E-state index in [2.05, 4.69) is 12.1 Å². The van der Waals surface area contributed by atoms with Crippen LogP contribution in [0.3, 0.4) is 0 Å². The lowest BCUT2D eigenvalue weighted by Gasteiger charge is -2.16. The predicted molar refractivity (Wildman–Crippen MR) is 54.8 cm³/mol. The number of ether oxygens (including phenoxy) is 1. The summed E-state index contributed by atoms with van der Waals surface area (Å²) < 4.78 is 5.75. The van der Waals surface area contributed by atoms with Gasteiger partial charge in [0.2, 0.25) is 5.76 Å². The number of benzene rings is 1. The zero-order valence-electron chi connectivity index (χ0n) is 7.66. The zero-order valence-corrected chi connectivity index (χ0v) is 7.66. The minimum atomic E-state index is 0.923. The predicted octanol–water partition coefficient (Wildman–Crippen LogP) is 2.80. The first kappa shape index (κ1) is 7.54. The van der Waals surface area contributed by atoms with Gasteiger partial charge in [-0.25, -0.2) is 0 Å². The van der Waals surface area contributed by atoms with Crippen molar-refractivity contribution in [3.63, 3.8) is 0 Å². The van der Waals surface area contributed by atoms with Crippen LogP contribution in [0.15, 0.2) is 53.8 Å². The topological polar surface area (TPSA) is 9.23 Å². The van der Waals surface area contributed by atoms with E-state index in [0.29, 0.717) is 0 Å². The summed E-state index contributed by atoms with van der Waals surface area (Å²) in [6, 6.07) is 8.14. The summed E-state index contributed by atoms with van der Waals surface area (Å²) in [6.07, 6.45) is 9.99. The van der Waals surface area contributed by atoms with Gasteiger partial charge in [-0.3, -0.25) is 0 Å². The highest BCUT2D eigenvalue weighted by atomic mass is 16.5. The lowest BCUT2D eigenvalue weighted by molar-refractivity contribution is 0.414. The van der Waals surface area contributed by atoms with Crippen molar-refractivity contribution in [2.75, 3.05) is 0 Å². The van der Waals surface area contributed by atoms with Crippen LogP contribution in [0.1, 0.15) is 5.56 Å². The normalized spacial score (nSPS) is 16.9. The third-order valence-electron chi connectivity index (χ3n) is 2.46. The van der Waals surface area contributed by atoms with E-state index in [1.165, 1.54) is 5.56 Å². The smallest absolute Gasteiger partial charge is 0.245 e. The van der Waals surface area contributed by atoms with Crippen molar-refractivity contribution >= 4 is 0 Å². The number of hydrogen-bond acceptors (Lipinski definition) is 1. The summed E-state index contributed by atoms with van der Waals surface area (Å²) in [6.45, 7) is 0. The lowest BCUT2D eigenvalue weighted by Crippen LogP contribution is -2.11. The Hall–Kier alpha value is -1.85. The van der Waals surface area contributed by atoms with Crippen molar-refractivity contribution < 1.29 is 4.74 Å². The maximum absolute atomic E-state index is 5.75. The van der Waals surface area contributed by atoms with Crippen molar-refractivity contribution in [1.29, 1.82) is 0 Å². The van der Waals surface area contributed by atoms with Gasteiger partial charge in [0, 0.05) is 18.1 Å². The monoisotopic (exact) mass is 181 g/mol. The molecule has 66 valence electrons. The molecule has 0 saturated carbocycles. The first-order valence-corrected chi connectivity index (χ1v) is 4.69. The molecule has 0 spiro atoms. The van der Waals surface area contributed by atoms with Crippen LogP contribution in [0, 0.1) is 6.08 Å². The van der Waals surface area contributed by atoms with Gasteiger partial charge in [-0.2, -0.15) is 0 Å². The fourth-order valence-corrected chi connectivity index (χ4v) is 1.75. The van der Waals surface area contributed by atoms with Crippen LogP contribution < -0.4 is 4.74 Å². The molecule has 0 bridgehead atoms. The van der Waals surface area contributed by atoms with E-state index in [9.17, 15) is 0 Å². The molecule has 1 aliphatic carbocycles. The Balaban J connectivity index is 2.11. The summed E-state index contributed by atoms with van der Waals surface area (Å²) in [4.78, 5) is 0. The molecular formula is C13H9O+. The number of fused-ring (bicyclic) bond motifs is 2. The van der Waals surface area contributed by atoms with Crippen molar-refractivity contribution in [2.45, 2.75) is 6.42 Å². The Labute approximate surface area is 83.0 Å². The van der Waals surface area contributed by atoms with Gasteiger partial charge >= 0.3 is 0 Å². The van der Waals surface area contributed by atoms with Crippen LogP contribution in [-0.4, -0.2) is 0 Å². The number of rotatable bonds is 0. The SMILES string of the molecule is [C+]1=C2Cc3ccccc3OC2=CC=C1. The van der Waals surface area contributed by atoms with Crippen LogP contribution in [0.25, 0.3) is 0 Å². The van der Waals surface area contributed by atoms with Crippen LogP contribution in [-0.2, 0) is 6.42 Å². The third kappa shape index (κ3) is 1.07. The fourth-order valence-electron chi connectivity index (χ4n) is 1.75. The molecule has 0 N–H and O–H groups in total. The molecule has 0 atom stereocenters. The summed E-state index contributed by atoms with van der Waals surface area (Å²) in [5.41, 5.74) is 2.38. The van der Waals surface area contributed by atoms with Gasteiger partial charge in [0.25, 0.3) is 0 Å². The first-order chi connectivity index (χ1) is 6.93. The van der Waals surface area contributed by atoms with E-state index in [1.807, 2.05) is 36.4 Å². The Morgan fingerprint density at radius 1 is 1.21 bits per heavy atom. The number of hydrogen-bond donors (Lipinski definition) is 0. The maximum Gasteiger partial charge on any atom is 0.245 e. The molecular weight excluding hydrogens is 172 g/mol. The largest absolute Gasteiger partial charge is 0.397 e. The highest BCUT2D eigenvalue weighted by Crippen LogP contribution is 2.33. The van der Waals surface area contributed by atoms with Crippen LogP contribution >= 0.6 is 0 Å². The van der Waals surface area contributed by atoms with Gasteiger partial charge in [0.1, 0.15) is 11.8 Å². The van der Waals surface area contributed by atoms with Crippen molar-refractivity contribution in [1.82, 2.24) is 0 Å². The molecule has 0 saturated heterocycles. The molecule has 1 nitrogen and oxygen atoms in total. The average molecular weight is 181 g/mol. The highest BCUT2D eigenvalue weighted by molar-refractivity contribution is 5.48. The van der Waals surface area contributed by atoms with Crippen molar-refractivity contribution in [2.24, 2.45) is 0 Å². The van der Waals surface area contributed by atoms with Gasteiger partial charge in [-0.15, -0.1) is 0 Å². The fraction of sp³-hybridized carbons (Fsp3) is 0.0769. The van der Waals surface area contributed by atoms with Gasteiger partial charge in [0.05, 0.1) is 12.2 Å². The molecule has 0 amide bonds. The Kier molecular flexibility index (Phi) is 1.52. The standard InChI is InChI=1S/C13H9O/c1-3-7-12-10(5-1)9-11-6-2-4-8-13(11)14-12/h1-5,7-8H,9H2/q+1. The van der Waals surface area contributed by atoms with Gasteiger partial charge in [0.15, 0.2) is 5.57 Å². The second-order valence-electron chi connectivity index (χ2n) is 3.40. The Morgan fingerprint density at radius 3 is 3.14 bits per heavy atom.